The highest BCUT2D eigenvalue weighted by molar-refractivity contribution is 9.10. The first-order valence-corrected chi connectivity index (χ1v) is 7.59. The van der Waals surface area contributed by atoms with Gasteiger partial charge in [-0.1, -0.05) is 27.5 Å². The number of hydrogen-bond acceptors (Lipinski definition) is 4. The highest BCUT2D eigenvalue weighted by atomic mass is 79.9. The smallest absolute Gasteiger partial charge is 0.327 e. The zero-order valence-electron chi connectivity index (χ0n) is 10.8. The largest absolute Gasteiger partial charge is 0.465 e. The number of carbonyl (C=O) groups is 1. The molecular weight excluding hydrogens is 346 g/mol. The summed E-state index contributed by atoms with van der Waals surface area (Å²) in [4.78, 5) is 12.1. The number of hydrogen-bond donors (Lipinski definition) is 1. The average Bonchev–Trinajstić information content (AvgIpc) is 2.78. The van der Waals surface area contributed by atoms with E-state index in [2.05, 4.69) is 21.2 Å². The second-order valence-corrected chi connectivity index (χ2v) is 5.92. The third kappa shape index (κ3) is 2.24. The lowest BCUT2D eigenvalue weighted by Crippen LogP contribution is -2.35. The third-order valence-corrected chi connectivity index (χ3v) is 4.07. The lowest BCUT2D eigenvalue weighted by Gasteiger charge is -2.21. The summed E-state index contributed by atoms with van der Waals surface area (Å²) in [5.74, 6) is 0.518. The summed E-state index contributed by atoms with van der Waals surface area (Å²) < 4.78 is 11.8. The molecule has 1 aliphatic rings. The predicted octanol–water partition coefficient (Wildman–Crippen LogP) is 3.60. The van der Waals surface area contributed by atoms with E-state index in [9.17, 15) is 4.79 Å². The highest BCUT2D eigenvalue weighted by Gasteiger charge is 2.32. The highest BCUT2D eigenvalue weighted by Crippen LogP contribution is 2.39. The number of fused-ring (bicyclic) bond motifs is 3. The van der Waals surface area contributed by atoms with E-state index in [-0.39, 0.29) is 5.97 Å². The number of esters is 1. The molecule has 0 radical (unpaired) electrons. The van der Waals surface area contributed by atoms with Crippen molar-refractivity contribution in [2.75, 3.05) is 13.2 Å². The van der Waals surface area contributed by atoms with Crippen LogP contribution in [0.25, 0.3) is 11.0 Å². The fourth-order valence-corrected chi connectivity index (χ4v) is 3.40. The normalized spacial score (nSPS) is 18.1. The standard InChI is InChI=1S/C14H13BrClNO3/c1-2-19-14(18)12-11-8-5-7(15)6-9(16)13(8)20-10(11)3-4-17-12/h5-6,12,17H,2-4H2,1H3. The van der Waals surface area contributed by atoms with Crippen molar-refractivity contribution in [3.8, 4) is 0 Å². The van der Waals surface area contributed by atoms with Crippen molar-refractivity contribution in [3.63, 3.8) is 0 Å². The molecule has 0 saturated carbocycles. The van der Waals surface area contributed by atoms with Gasteiger partial charge in [0.1, 0.15) is 11.8 Å². The number of rotatable bonds is 2. The summed E-state index contributed by atoms with van der Waals surface area (Å²) in [6.07, 6.45) is 0.730. The first kappa shape index (κ1) is 13.9. The maximum atomic E-state index is 12.1. The van der Waals surface area contributed by atoms with Gasteiger partial charge in [0.2, 0.25) is 0 Å². The van der Waals surface area contributed by atoms with Crippen molar-refractivity contribution >= 4 is 44.5 Å². The van der Waals surface area contributed by atoms with Crippen LogP contribution in [0, 0.1) is 0 Å². The molecule has 4 nitrogen and oxygen atoms in total. The molecule has 0 spiro atoms. The van der Waals surface area contributed by atoms with Gasteiger partial charge in [-0.15, -0.1) is 0 Å². The van der Waals surface area contributed by atoms with Crippen molar-refractivity contribution < 1.29 is 13.9 Å². The molecule has 0 amide bonds. The van der Waals surface area contributed by atoms with Gasteiger partial charge in [-0.05, 0) is 19.1 Å². The molecule has 0 saturated heterocycles. The molecule has 20 heavy (non-hydrogen) atoms. The van der Waals surface area contributed by atoms with Gasteiger partial charge in [0.25, 0.3) is 0 Å². The number of furan rings is 1. The van der Waals surface area contributed by atoms with E-state index in [0.717, 1.165) is 27.6 Å². The van der Waals surface area contributed by atoms with Crippen LogP contribution in [0.2, 0.25) is 5.02 Å². The molecule has 6 heteroatoms. The Morgan fingerprint density at radius 2 is 2.40 bits per heavy atom. The topological polar surface area (TPSA) is 51.5 Å². The van der Waals surface area contributed by atoms with Crippen LogP contribution in [-0.4, -0.2) is 19.1 Å². The van der Waals surface area contributed by atoms with Crippen molar-refractivity contribution in [1.82, 2.24) is 5.32 Å². The van der Waals surface area contributed by atoms with E-state index in [0.29, 0.717) is 23.8 Å². The number of ether oxygens (including phenoxy) is 1. The van der Waals surface area contributed by atoms with Gasteiger partial charge in [-0.3, -0.25) is 0 Å². The fraction of sp³-hybridized carbons (Fsp3) is 0.357. The minimum Gasteiger partial charge on any atom is -0.465 e. The zero-order chi connectivity index (χ0) is 14.3. The Kier molecular flexibility index (Phi) is 3.75. The second-order valence-electron chi connectivity index (χ2n) is 4.59. The van der Waals surface area contributed by atoms with E-state index in [1.54, 1.807) is 13.0 Å². The maximum Gasteiger partial charge on any atom is 0.327 e. The lowest BCUT2D eigenvalue weighted by molar-refractivity contribution is -0.146. The SMILES string of the molecule is CCOC(=O)C1NCCc2oc3c(Cl)cc(Br)cc3c21. The molecule has 1 aliphatic heterocycles. The summed E-state index contributed by atoms with van der Waals surface area (Å²) >= 11 is 9.63. The van der Waals surface area contributed by atoms with E-state index in [4.69, 9.17) is 20.8 Å². The molecule has 2 aromatic rings. The summed E-state index contributed by atoms with van der Waals surface area (Å²) in [6, 6.07) is 3.21. The minimum atomic E-state index is -0.495. The molecule has 3 rings (SSSR count). The van der Waals surface area contributed by atoms with E-state index < -0.39 is 6.04 Å². The molecule has 1 unspecified atom stereocenters. The number of benzene rings is 1. The van der Waals surface area contributed by atoms with Gasteiger partial charge in [-0.25, -0.2) is 4.79 Å². The summed E-state index contributed by atoms with van der Waals surface area (Å²) in [7, 11) is 0. The van der Waals surface area contributed by atoms with Crippen LogP contribution in [0.4, 0.5) is 0 Å². The van der Waals surface area contributed by atoms with Crippen molar-refractivity contribution in [2.24, 2.45) is 0 Å². The van der Waals surface area contributed by atoms with Gasteiger partial charge in [0.05, 0.1) is 11.6 Å². The van der Waals surface area contributed by atoms with Crippen LogP contribution in [0.15, 0.2) is 21.0 Å². The Labute approximate surface area is 129 Å². The fourth-order valence-electron chi connectivity index (χ4n) is 2.55. The second kappa shape index (κ2) is 5.39. The van der Waals surface area contributed by atoms with Gasteiger partial charge < -0.3 is 14.5 Å². The molecule has 0 aliphatic carbocycles. The van der Waals surface area contributed by atoms with Crippen LogP contribution in [0.3, 0.4) is 0 Å². The lowest BCUT2D eigenvalue weighted by atomic mass is 9.98. The van der Waals surface area contributed by atoms with Gasteiger partial charge in [0.15, 0.2) is 5.58 Å². The molecule has 0 fully saturated rings. The van der Waals surface area contributed by atoms with E-state index in [1.807, 2.05) is 6.07 Å². The van der Waals surface area contributed by atoms with Crippen LogP contribution >= 0.6 is 27.5 Å². The van der Waals surface area contributed by atoms with E-state index >= 15 is 0 Å². The van der Waals surface area contributed by atoms with Crippen LogP contribution in [0.5, 0.6) is 0 Å². The third-order valence-electron chi connectivity index (χ3n) is 3.34. The monoisotopic (exact) mass is 357 g/mol. The quantitative estimate of drug-likeness (QED) is 0.834. The first-order chi connectivity index (χ1) is 9.61. The summed E-state index contributed by atoms with van der Waals surface area (Å²) in [6.45, 7) is 2.82. The minimum absolute atomic E-state index is 0.285. The van der Waals surface area contributed by atoms with Gasteiger partial charge in [0, 0.05) is 28.4 Å². The van der Waals surface area contributed by atoms with Crippen molar-refractivity contribution in [3.05, 3.63) is 33.0 Å². The first-order valence-electron chi connectivity index (χ1n) is 6.42. The summed E-state index contributed by atoms with van der Waals surface area (Å²) in [5.41, 5.74) is 1.46. The zero-order valence-corrected chi connectivity index (χ0v) is 13.2. The van der Waals surface area contributed by atoms with E-state index in [1.165, 1.54) is 0 Å². The molecule has 1 N–H and O–H groups in total. The van der Waals surface area contributed by atoms with Gasteiger partial charge >= 0.3 is 5.97 Å². The molecular formula is C14H13BrClNO3. The van der Waals surface area contributed by atoms with Crippen LogP contribution in [0.1, 0.15) is 24.3 Å². The average molecular weight is 359 g/mol. The van der Waals surface area contributed by atoms with Crippen LogP contribution < -0.4 is 5.32 Å². The Balaban J connectivity index is 2.19. The molecule has 106 valence electrons. The Hall–Kier alpha value is -1.04. The Morgan fingerprint density at radius 1 is 1.60 bits per heavy atom. The number of carbonyl (C=O) groups excluding carboxylic acids is 1. The summed E-state index contributed by atoms with van der Waals surface area (Å²) in [5, 5.41) is 4.57. The van der Waals surface area contributed by atoms with Crippen LogP contribution in [-0.2, 0) is 16.0 Å². The number of nitrogens with one attached hydrogen (secondary N) is 1. The maximum absolute atomic E-state index is 12.1. The van der Waals surface area contributed by atoms with Crippen molar-refractivity contribution in [2.45, 2.75) is 19.4 Å². The Morgan fingerprint density at radius 3 is 3.15 bits per heavy atom. The molecule has 1 aromatic heterocycles. The molecule has 0 bridgehead atoms. The molecule has 1 aromatic carbocycles. The van der Waals surface area contributed by atoms with Crippen molar-refractivity contribution in [1.29, 1.82) is 0 Å². The molecule has 1 atom stereocenters. The predicted molar refractivity (Wildman–Crippen MR) is 80.0 cm³/mol. The molecule has 2 heterocycles. The van der Waals surface area contributed by atoms with Gasteiger partial charge in [-0.2, -0.15) is 0 Å². The Bertz CT molecular complexity index is 683. The number of halogens is 2.